The Balaban J connectivity index is 1.74. The van der Waals surface area contributed by atoms with E-state index < -0.39 is 0 Å². The Kier molecular flexibility index (Phi) is 4.34. The van der Waals surface area contributed by atoms with E-state index in [0.29, 0.717) is 6.54 Å². The first kappa shape index (κ1) is 14.4. The molecule has 1 atom stereocenters. The zero-order chi connectivity index (χ0) is 14.0. The van der Waals surface area contributed by atoms with Crippen LogP contribution in [-0.2, 0) is 11.3 Å². The van der Waals surface area contributed by atoms with Crippen molar-refractivity contribution in [1.82, 2.24) is 0 Å². The summed E-state index contributed by atoms with van der Waals surface area (Å²) in [6, 6.07) is 6.05. The van der Waals surface area contributed by atoms with Gasteiger partial charge in [0, 0.05) is 24.9 Å². The minimum Gasteiger partial charge on any atom is -0.489 e. The average Bonchev–Trinajstić information content (AvgIpc) is 2.89. The molecule has 20 heavy (non-hydrogen) atoms. The Bertz CT molecular complexity index is 472. The predicted molar refractivity (Wildman–Crippen MR) is 82.8 cm³/mol. The van der Waals surface area contributed by atoms with Crippen LogP contribution >= 0.6 is 15.9 Å². The number of hydrogen-bond acceptors (Lipinski definition) is 3. The fourth-order valence-corrected chi connectivity index (χ4v) is 3.96. The van der Waals surface area contributed by atoms with Gasteiger partial charge in [0.05, 0.1) is 16.7 Å². The summed E-state index contributed by atoms with van der Waals surface area (Å²) in [6.07, 6.45) is 7.17. The Labute approximate surface area is 129 Å². The molecular weight excluding hydrogens is 318 g/mol. The highest BCUT2D eigenvalue weighted by Gasteiger charge is 2.40. The van der Waals surface area contributed by atoms with Gasteiger partial charge in [-0.2, -0.15) is 0 Å². The van der Waals surface area contributed by atoms with Crippen molar-refractivity contribution in [3.05, 3.63) is 28.2 Å². The van der Waals surface area contributed by atoms with Gasteiger partial charge < -0.3 is 15.2 Å². The van der Waals surface area contributed by atoms with Gasteiger partial charge in [-0.05, 0) is 34.8 Å². The molecule has 0 aromatic heterocycles. The van der Waals surface area contributed by atoms with Crippen LogP contribution in [0.2, 0.25) is 0 Å². The van der Waals surface area contributed by atoms with Gasteiger partial charge in [0.15, 0.2) is 0 Å². The van der Waals surface area contributed by atoms with Crippen molar-refractivity contribution >= 4 is 15.9 Å². The van der Waals surface area contributed by atoms with Crippen molar-refractivity contribution in [1.29, 1.82) is 0 Å². The van der Waals surface area contributed by atoms with E-state index in [1.54, 1.807) is 0 Å². The predicted octanol–water partition coefficient (Wildman–Crippen LogP) is 3.78. The molecule has 1 aliphatic carbocycles. The second kappa shape index (κ2) is 6.04. The van der Waals surface area contributed by atoms with E-state index in [0.717, 1.165) is 35.2 Å². The molecule has 2 fully saturated rings. The number of halogens is 1. The molecule has 2 aliphatic rings. The van der Waals surface area contributed by atoms with Crippen molar-refractivity contribution in [3.63, 3.8) is 0 Å². The summed E-state index contributed by atoms with van der Waals surface area (Å²) in [6.45, 7) is 1.32. The van der Waals surface area contributed by atoms with Crippen LogP contribution in [0.5, 0.6) is 5.75 Å². The van der Waals surface area contributed by atoms with Gasteiger partial charge in [0.25, 0.3) is 0 Å². The molecule has 1 saturated carbocycles. The summed E-state index contributed by atoms with van der Waals surface area (Å²) >= 11 is 3.58. The number of nitrogens with two attached hydrogens (primary N) is 1. The fraction of sp³-hybridized carbons (Fsp3) is 0.625. The van der Waals surface area contributed by atoms with Crippen molar-refractivity contribution in [2.45, 2.75) is 56.8 Å². The van der Waals surface area contributed by atoms with E-state index in [1.807, 2.05) is 18.2 Å². The van der Waals surface area contributed by atoms with Crippen LogP contribution in [0.4, 0.5) is 0 Å². The third-order valence-electron chi connectivity index (χ3n) is 4.52. The van der Waals surface area contributed by atoms with Crippen LogP contribution < -0.4 is 10.5 Å². The maximum absolute atomic E-state index is 6.29. The van der Waals surface area contributed by atoms with Crippen LogP contribution in [0, 0.1) is 0 Å². The third kappa shape index (κ3) is 2.87. The van der Waals surface area contributed by atoms with Gasteiger partial charge in [0.1, 0.15) is 11.9 Å². The van der Waals surface area contributed by atoms with Gasteiger partial charge in [-0.25, -0.2) is 0 Å². The Morgan fingerprint density at radius 2 is 2.15 bits per heavy atom. The lowest BCUT2D eigenvalue weighted by Crippen LogP contribution is -2.41. The largest absolute Gasteiger partial charge is 0.489 e. The summed E-state index contributed by atoms with van der Waals surface area (Å²) in [5, 5.41) is 0. The molecule has 1 heterocycles. The highest BCUT2D eigenvalue weighted by atomic mass is 79.9. The van der Waals surface area contributed by atoms with Gasteiger partial charge in [-0.1, -0.05) is 25.0 Å². The zero-order valence-electron chi connectivity index (χ0n) is 11.7. The summed E-state index contributed by atoms with van der Waals surface area (Å²) in [5.41, 5.74) is 6.97. The monoisotopic (exact) mass is 339 g/mol. The van der Waals surface area contributed by atoms with Crippen LogP contribution in [0.1, 0.15) is 44.1 Å². The van der Waals surface area contributed by atoms with E-state index in [4.69, 9.17) is 15.2 Å². The molecule has 3 rings (SSSR count). The molecule has 1 aliphatic heterocycles. The standard InChI is InChI=1S/C16H22BrNO2/c17-14-5-3-4-12(11-18)15(14)20-13-6-9-19-16(10-13)7-1-2-8-16/h3-5,13H,1-2,6-11,18H2. The molecule has 0 radical (unpaired) electrons. The Morgan fingerprint density at radius 1 is 1.35 bits per heavy atom. The van der Waals surface area contributed by atoms with Gasteiger partial charge in [-0.15, -0.1) is 0 Å². The molecule has 0 bridgehead atoms. The molecule has 4 heteroatoms. The van der Waals surface area contributed by atoms with Crippen LogP contribution in [-0.4, -0.2) is 18.3 Å². The van der Waals surface area contributed by atoms with Crippen LogP contribution in [0.25, 0.3) is 0 Å². The average molecular weight is 340 g/mol. The topological polar surface area (TPSA) is 44.5 Å². The molecule has 3 nitrogen and oxygen atoms in total. The number of ether oxygens (including phenoxy) is 2. The molecule has 1 aromatic rings. The van der Waals surface area contributed by atoms with Crippen LogP contribution in [0.15, 0.2) is 22.7 Å². The Hall–Kier alpha value is -0.580. The van der Waals surface area contributed by atoms with Crippen molar-refractivity contribution < 1.29 is 9.47 Å². The summed E-state index contributed by atoms with van der Waals surface area (Å²) in [4.78, 5) is 0. The van der Waals surface area contributed by atoms with Gasteiger partial charge in [-0.3, -0.25) is 0 Å². The van der Waals surface area contributed by atoms with E-state index >= 15 is 0 Å². The minimum absolute atomic E-state index is 0.0903. The zero-order valence-corrected chi connectivity index (χ0v) is 13.3. The molecule has 2 N–H and O–H groups in total. The first-order valence-electron chi connectivity index (χ1n) is 7.50. The first-order chi connectivity index (χ1) is 9.72. The highest BCUT2D eigenvalue weighted by molar-refractivity contribution is 9.10. The third-order valence-corrected chi connectivity index (χ3v) is 5.14. The molecule has 1 unspecified atom stereocenters. The molecular formula is C16H22BrNO2. The normalized spacial score (nSPS) is 25.0. The van der Waals surface area contributed by atoms with Crippen molar-refractivity contribution in [2.75, 3.05) is 6.61 Å². The lowest BCUT2D eigenvalue weighted by Gasteiger charge is -2.38. The number of benzene rings is 1. The van der Waals surface area contributed by atoms with Crippen LogP contribution in [0.3, 0.4) is 0 Å². The van der Waals surface area contributed by atoms with Gasteiger partial charge in [0.2, 0.25) is 0 Å². The highest BCUT2D eigenvalue weighted by Crippen LogP contribution is 2.41. The number of para-hydroxylation sites is 1. The Morgan fingerprint density at radius 3 is 2.90 bits per heavy atom. The fourth-order valence-electron chi connectivity index (χ4n) is 3.46. The summed E-state index contributed by atoms with van der Waals surface area (Å²) in [7, 11) is 0. The molecule has 0 amide bonds. The quantitative estimate of drug-likeness (QED) is 0.911. The van der Waals surface area contributed by atoms with E-state index in [-0.39, 0.29) is 11.7 Å². The maximum atomic E-state index is 6.29. The lowest BCUT2D eigenvalue weighted by molar-refractivity contribution is -0.108. The lowest BCUT2D eigenvalue weighted by atomic mass is 9.90. The van der Waals surface area contributed by atoms with E-state index in [9.17, 15) is 0 Å². The minimum atomic E-state index is 0.0903. The van der Waals surface area contributed by atoms with E-state index in [1.165, 1.54) is 25.7 Å². The maximum Gasteiger partial charge on any atom is 0.138 e. The molecule has 1 aromatic carbocycles. The second-order valence-electron chi connectivity index (χ2n) is 5.90. The number of rotatable bonds is 3. The summed E-state index contributed by atoms with van der Waals surface area (Å²) in [5.74, 6) is 0.912. The van der Waals surface area contributed by atoms with Crippen molar-refractivity contribution in [3.8, 4) is 5.75 Å². The molecule has 1 saturated heterocycles. The first-order valence-corrected chi connectivity index (χ1v) is 8.30. The van der Waals surface area contributed by atoms with Gasteiger partial charge >= 0.3 is 0 Å². The number of hydrogen-bond donors (Lipinski definition) is 1. The van der Waals surface area contributed by atoms with Crippen molar-refractivity contribution in [2.24, 2.45) is 5.73 Å². The SMILES string of the molecule is NCc1cccc(Br)c1OC1CCOC2(CCCC2)C1. The smallest absolute Gasteiger partial charge is 0.138 e. The molecule has 110 valence electrons. The molecule has 1 spiro atoms. The second-order valence-corrected chi connectivity index (χ2v) is 6.76. The van der Waals surface area contributed by atoms with E-state index in [2.05, 4.69) is 15.9 Å². The summed E-state index contributed by atoms with van der Waals surface area (Å²) < 4.78 is 13.3.